The molecule has 0 saturated heterocycles. The molecule has 0 amide bonds. The summed E-state index contributed by atoms with van der Waals surface area (Å²) >= 11 is 5.73. The standard InChI is InChI=1S/C16H11ClN2O8S2.2Na/c17-8-6-12(16(21)14(7-8)29(25,26)27)19-18-11-5-4-9-10(15(11)20)2-1-3-13(9)28(22,23)24;;/h1-7,19,21H,(H,22,23,24)(H,25,26,27);;/q;2*+1/p-2/b18-11+;;. The molecule has 0 aliphatic heterocycles. The van der Waals surface area contributed by atoms with Crippen LogP contribution in [0.1, 0.15) is 15.9 Å². The van der Waals surface area contributed by atoms with Crippen LogP contribution in [-0.2, 0) is 20.2 Å². The van der Waals surface area contributed by atoms with E-state index in [-0.39, 0.29) is 86.7 Å². The molecule has 0 bridgehead atoms. The van der Waals surface area contributed by atoms with E-state index >= 15 is 0 Å². The third kappa shape index (κ3) is 6.18. The smallest absolute Gasteiger partial charge is 0.744 e. The van der Waals surface area contributed by atoms with E-state index in [0.29, 0.717) is 0 Å². The van der Waals surface area contributed by atoms with Crippen LogP contribution in [0.5, 0.6) is 5.75 Å². The van der Waals surface area contributed by atoms with Gasteiger partial charge in [0.2, 0.25) is 5.78 Å². The van der Waals surface area contributed by atoms with Crippen LogP contribution in [0.15, 0.2) is 51.3 Å². The second kappa shape index (κ2) is 10.4. The number of ketones is 1. The summed E-state index contributed by atoms with van der Waals surface area (Å²) in [4.78, 5) is 11.0. The molecule has 0 spiro atoms. The molecule has 3 rings (SSSR count). The van der Waals surface area contributed by atoms with E-state index in [1.807, 2.05) is 0 Å². The average Bonchev–Trinajstić information content (AvgIpc) is 2.61. The van der Waals surface area contributed by atoms with E-state index in [1.54, 1.807) is 0 Å². The minimum absolute atomic E-state index is 0. The van der Waals surface area contributed by atoms with E-state index in [0.717, 1.165) is 24.3 Å². The molecule has 0 aromatic heterocycles. The Balaban J connectivity index is 0.00000240. The minimum atomic E-state index is -5.03. The van der Waals surface area contributed by atoms with Crippen molar-refractivity contribution in [2.24, 2.45) is 5.10 Å². The number of hydrogen-bond donors (Lipinski definition) is 2. The van der Waals surface area contributed by atoms with Gasteiger partial charge in [0.15, 0.2) is 5.75 Å². The number of phenolic OH excluding ortho intramolecular Hbond substituents is 1. The Morgan fingerprint density at radius 3 is 2.16 bits per heavy atom. The van der Waals surface area contributed by atoms with Gasteiger partial charge in [-0.15, -0.1) is 0 Å². The van der Waals surface area contributed by atoms with Crippen LogP contribution >= 0.6 is 11.6 Å². The first-order chi connectivity index (χ1) is 13.4. The van der Waals surface area contributed by atoms with Crippen LogP contribution in [0, 0.1) is 0 Å². The number of allylic oxidation sites excluding steroid dienone is 1. The summed E-state index contributed by atoms with van der Waals surface area (Å²) in [5.74, 6) is -1.68. The van der Waals surface area contributed by atoms with Crippen molar-refractivity contribution in [3.05, 3.63) is 52.6 Å². The van der Waals surface area contributed by atoms with E-state index in [1.165, 1.54) is 18.2 Å². The van der Waals surface area contributed by atoms with E-state index in [9.17, 15) is 35.8 Å². The number of nitrogens with zero attached hydrogens (tertiary/aromatic N) is 1. The second-order valence-corrected chi connectivity index (χ2v) is 8.83. The van der Waals surface area contributed by atoms with Gasteiger partial charge < -0.3 is 14.2 Å². The number of fused-ring (bicyclic) bond motifs is 1. The molecule has 0 unspecified atom stereocenters. The number of hydrazone groups is 1. The van der Waals surface area contributed by atoms with Gasteiger partial charge in [0.05, 0.1) is 9.79 Å². The molecule has 0 heterocycles. The fourth-order valence-electron chi connectivity index (χ4n) is 2.57. The van der Waals surface area contributed by atoms with Crippen LogP contribution in [0.25, 0.3) is 6.08 Å². The third-order valence-electron chi connectivity index (χ3n) is 3.83. The van der Waals surface area contributed by atoms with Gasteiger partial charge in [0, 0.05) is 16.1 Å². The molecule has 0 saturated carbocycles. The topological polar surface area (TPSA) is 176 Å². The van der Waals surface area contributed by atoms with Gasteiger partial charge >= 0.3 is 59.1 Å². The molecule has 2 aromatic rings. The van der Waals surface area contributed by atoms with Gasteiger partial charge in [0.1, 0.15) is 31.6 Å². The fourth-order valence-corrected chi connectivity index (χ4v) is 4.16. The fraction of sp³-hybridized carbons (Fsp3) is 0. The maximum Gasteiger partial charge on any atom is 1.00 e. The predicted molar refractivity (Wildman–Crippen MR) is 99.9 cm³/mol. The maximum absolute atomic E-state index is 12.5. The number of anilines is 1. The molecule has 2 aromatic carbocycles. The Labute approximate surface area is 226 Å². The first-order valence-corrected chi connectivity index (χ1v) is 10.7. The molecule has 1 aliphatic carbocycles. The van der Waals surface area contributed by atoms with Crippen molar-refractivity contribution in [1.82, 2.24) is 0 Å². The largest absolute Gasteiger partial charge is 1.00 e. The van der Waals surface area contributed by atoms with Gasteiger partial charge in [-0.1, -0.05) is 29.8 Å². The minimum Gasteiger partial charge on any atom is -0.744 e. The predicted octanol–water partition coefficient (Wildman–Crippen LogP) is -4.46. The summed E-state index contributed by atoms with van der Waals surface area (Å²) in [5, 5.41) is 13.5. The molecular formula is C16H9ClN2Na2O8S2. The zero-order chi connectivity index (χ0) is 21.6. The normalized spacial score (nSPS) is 14.4. The zero-order valence-electron chi connectivity index (χ0n) is 16.0. The quantitative estimate of drug-likeness (QED) is 0.181. The number of rotatable bonds is 4. The monoisotopic (exact) mass is 502 g/mol. The van der Waals surface area contributed by atoms with Crippen molar-refractivity contribution in [2.45, 2.75) is 9.79 Å². The summed E-state index contributed by atoms with van der Waals surface area (Å²) in [6.45, 7) is 0. The summed E-state index contributed by atoms with van der Waals surface area (Å²) in [6, 6.07) is 5.41. The van der Waals surface area contributed by atoms with Crippen LogP contribution in [0.4, 0.5) is 5.69 Å². The first kappa shape index (κ1) is 28.3. The maximum atomic E-state index is 12.5. The summed E-state index contributed by atoms with van der Waals surface area (Å²) in [6.07, 6.45) is 2.33. The van der Waals surface area contributed by atoms with Crippen LogP contribution in [-0.4, -0.2) is 42.5 Å². The summed E-state index contributed by atoms with van der Waals surface area (Å²) < 4.78 is 67.5. The third-order valence-corrected chi connectivity index (χ3v) is 5.79. The number of Topliss-reactive ketones (excluding diaryl/α,β-unsaturated/α-hetero) is 1. The first-order valence-electron chi connectivity index (χ1n) is 7.53. The Hall–Kier alpha value is -0.770. The average molecular weight is 503 g/mol. The number of hydrogen-bond acceptors (Lipinski definition) is 10. The van der Waals surface area contributed by atoms with Crippen LogP contribution in [0.3, 0.4) is 0 Å². The van der Waals surface area contributed by atoms with Gasteiger partial charge in [-0.2, -0.15) is 5.10 Å². The van der Waals surface area contributed by atoms with Crippen molar-refractivity contribution in [1.29, 1.82) is 0 Å². The van der Waals surface area contributed by atoms with Crippen LogP contribution in [0.2, 0.25) is 5.02 Å². The Bertz CT molecular complexity index is 1330. The number of phenols is 1. The van der Waals surface area contributed by atoms with Crippen molar-refractivity contribution >= 4 is 55.1 Å². The number of aromatic hydroxyl groups is 1. The number of benzene rings is 2. The van der Waals surface area contributed by atoms with Gasteiger partial charge in [-0.05, 0) is 24.3 Å². The van der Waals surface area contributed by atoms with Crippen LogP contribution < -0.4 is 64.5 Å². The molecule has 15 heteroatoms. The number of carbonyl (C=O) groups is 1. The van der Waals surface area contributed by atoms with Gasteiger partial charge in [-0.3, -0.25) is 10.2 Å². The van der Waals surface area contributed by atoms with Gasteiger partial charge in [0.25, 0.3) is 0 Å². The second-order valence-electron chi connectivity index (χ2n) is 5.70. The Morgan fingerprint density at radius 1 is 0.968 bits per heavy atom. The molecule has 0 fully saturated rings. The van der Waals surface area contributed by atoms with E-state index in [2.05, 4.69) is 10.5 Å². The summed E-state index contributed by atoms with van der Waals surface area (Å²) in [7, 11) is -9.84. The molecule has 10 nitrogen and oxygen atoms in total. The molecule has 0 radical (unpaired) electrons. The van der Waals surface area contributed by atoms with E-state index < -0.39 is 41.6 Å². The van der Waals surface area contributed by atoms with Gasteiger partial charge in [-0.25, -0.2) is 16.8 Å². The molecule has 2 N–H and O–H groups in total. The molecular weight excluding hydrogens is 494 g/mol. The Kier molecular flexibility index (Phi) is 9.52. The van der Waals surface area contributed by atoms with Crippen molar-refractivity contribution in [3.63, 3.8) is 0 Å². The molecule has 31 heavy (non-hydrogen) atoms. The summed E-state index contributed by atoms with van der Waals surface area (Å²) in [5.41, 5.74) is 1.45. The molecule has 1 aliphatic rings. The number of carbonyl (C=O) groups excluding carboxylic acids is 1. The zero-order valence-corrected chi connectivity index (χ0v) is 22.4. The molecule has 152 valence electrons. The Morgan fingerprint density at radius 2 is 1.58 bits per heavy atom. The molecule has 0 atom stereocenters. The SMILES string of the molecule is O=C1/C(=N/Nc2cc(Cl)cc(S(=O)(=O)[O-])c2O)C=Cc2c1cccc2S(=O)(=O)[O-].[Na+].[Na+]. The van der Waals surface area contributed by atoms with E-state index in [4.69, 9.17) is 11.6 Å². The number of nitrogens with one attached hydrogen (secondary N) is 1. The number of halogens is 1. The van der Waals surface area contributed by atoms with Crippen molar-refractivity contribution in [2.75, 3.05) is 5.43 Å². The van der Waals surface area contributed by atoms with Crippen molar-refractivity contribution < 1.29 is 95.0 Å². The van der Waals surface area contributed by atoms with Crippen molar-refractivity contribution in [3.8, 4) is 5.75 Å².